The molecule has 20 heavy (non-hydrogen) atoms. The number of rotatable bonds is 8. The normalized spacial score (nSPS) is 9.55. The summed E-state index contributed by atoms with van der Waals surface area (Å²) in [6.45, 7) is 6.98. The van der Waals surface area contributed by atoms with Crippen molar-refractivity contribution < 1.29 is 9.90 Å². The second kappa shape index (κ2) is 12.5. The number of carbonyl (C=O) groups is 1. The summed E-state index contributed by atoms with van der Waals surface area (Å²) in [6.07, 6.45) is 7.16. The van der Waals surface area contributed by atoms with E-state index in [9.17, 15) is 4.79 Å². The molecule has 3 nitrogen and oxygen atoms in total. The molecule has 3 heteroatoms. The first-order valence-corrected chi connectivity index (χ1v) is 7.62. The fourth-order valence-electron chi connectivity index (χ4n) is 1.66. The molecule has 0 atom stereocenters. The zero-order valence-electron chi connectivity index (χ0n) is 13.1. The Balaban J connectivity index is 0.000000441. The van der Waals surface area contributed by atoms with E-state index in [-0.39, 0.29) is 6.42 Å². The molecule has 0 fully saturated rings. The maximum Gasteiger partial charge on any atom is 0.305 e. The lowest BCUT2D eigenvalue weighted by molar-refractivity contribution is -0.136. The largest absolute Gasteiger partial charge is 0.481 e. The number of benzene rings is 1. The van der Waals surface area contributed by atoms with E-state index >= 15 is 0 Å². The molecular formula is C17H29NO2. The molecule has 0 radical (unpaired) electrons. The van der Waals surface area contributed by atoms with E-state index in [2.05, 4.69) is 19.2 Å². The Bertz CT molecular complexity index is 343. The smallest absolute Gasteiger partial charge is 0.305 e. The topological polar surface area (TPSA) is 49.3 Å². The van der Waals surface area contributed by atoms with Crippen LogP contribution in [-0.2, 0) is 4.79 Å². The SMILES string of the molecule is CCCCCCC.Cc1ccc(NCCC(=O)O)cc1. The van der Waals surface area contributed by atoms with E-state index in [4.69, 9.17) is 5.11 Å². The Hall–Kier alpha value is -1.51. The zero-order chi connectivity index (χ0) is 15.2. The van der Waals surface area contributed by atoms with Crippen molar-refractivity contribution in [3.05, 3.63) is 29.8 Å². The Labute approximate surface area is 123 Å². The van der Waals surface area contributed by atoms with Crippen LogP contribution in [0.3, 0.4) is 0 Å². The first kappa shape index (κ1) is 18.5. The predicted molar refractivity (Wildman–Crippen MR) is 86.4 cm³/mol. The van der Waals surface area contributed by atoms with Crippen LogP contribution in [0.4, 0.5) is 5.69 Å². The molecule has 0 amide bonds. The van der Waals surface area contributed by atoms with Gasteiger partial charge in [-0.1, -0.05) is 63.6 Å². The quantitative estimate of drug-likeness (QED) is 0.668. The van der Waals surface area contributed by atoms with Crippen LogP contribution in [-0.4, -0.2) is 17.6 Å². The number of nitrogens with one attached hydrogen (secondary N) is 1. The molecule has 0 aliphatic carbocycles. The zero-order valence-corrected chi connectivity index (χ0v) is 13.1. The number of hydrogen-bond donors (Lipinski definition) is 2. The van der Waals surface area contributed by atoms with Gasteiger partial charge in [0.15, 0.2) is 0 Å². The highest BCUT2D eigenvalue weighted by Crippen LogP contribution is 2.07. The lowest BCUT2D eigenvalue weighted by atomic mass is 10.2. The Morgan fingerprint density at radius 1 is 1.05 bits per heavy atom. The molecule has 0 heterocycles. The Morgan fingerprint density at radius 2 is 1.60 bits per heavy atom. The number of anilines is 1. The highest BCUT2D eigenvalue weighted by atomic mass is 16.4. The summed E-state index contributed by atoms with van der Waals surface area (Å²) in [5, 5.41) is 11.4. The third-order valence-electron chi connectivity index (χ3n) is 2.93. The van der Waals surface area contributed by atoms with Crippen molar-refractivity contribution in [3.63, 3.8) is 0 Å². The van der Waals surface area contributed by atoms with Gasteiger partial charge in [0.2, 0.25) is 0 Å². The van der Waals surface area contributed by atoms with E-state index in [0.717, 1.165) is 5.69 Å². The van der Waals surface area contributed by atoms with Crippen LogP contribution in [0.1, 0.15) is 57.9 Å². The number of unbranched alkanes of at least 4 members (excludes halogenated alkanes) is 4. The van der Waals surface area contributed by atoms with Crippen molar-refractivity contribution in [2.45, 2.75) is 59.3 Å². The highest BCUT2D eigenvalue weighted by molar-refractivity contribution is 5.67. The highest BCUT2D eigenvalue weighted by Gasteiger charge is 1.95. The van der Waals surface area contributed by atoms with Crippen LogP contribution >= 0.6 is 0 Å². The van der Waals surface area contributed by atoms with Gasteiger partial charge in [-0.05, 0) is 19.1 Å². The van der Waals surface area contributed by atoms with Gasteiger partial charge >= 0.3 is 5.97 Å². The molecule has 1 rings (SSSR count). The van der Waals surface area contributed by atoms with Crippen LogP contribution in [0.25, 0.3) is 0 Å². The average Bonchev–Trinajstić information content (AvgIpc) is 2.42. The fourth-order valence-corrected chi connectivity index (χ4v) is 1.66. The monoisotopic (exact) mass is 279 g/mol. The van der Waals surface area contributed by atoms with E-state index in [1.165, 1.54) is 37.7 Å². The van der Waals surface area contributed by atoms with Crippen LogP contribution in [0.5, 0.6) is 0 Å². The van der Waals surface area contributed by atoms with Crippen molar-refractivity contribution in [2.75, 3.05) is 11.9 Å². The van der Waals surface area contributed by atoms with Crippen molar-refractivity contribution in [2.24, 2.45) is 0 Å². The van der Waals surface area contributed by atoms with Gasteiger partial charge in [0, 0.05) is 12.2 Å². The molecule has 0 unspecified atom stereocenters. The summed E-state index contributed by atoms with van der Waals surface area (Å²) >= 11 is 0. The first-order chi connectivity index (χ1) is 9.60. The summed E-state index contributed by atoms with van der Waals surface area (Å²) in [4.78, 5) is 10.2. The molecule has 0 spiro atoms. The van der Waals surface area contributed by atoms with Crippen molar-refractivity contribution in [1.29, 1.82) is 0 Å². The Morgan fingerprint density at radius 3 is 2.05 bits per heavy atom. The first-order valence-electron chi connectivity index (χ1n) is 7.62. The Kier molecular flexibility index (Phi) is 11.6. The van der Waals surface area contributed by atoms with Gasteiger partial charge in [0.05, 0.1) is 6.42 Å². The summed E-state index contributed by atoms with van der Waals surface area (Å²) < 4.78 is 0. The predicted octanol–water partition coefficient (Wildman–Crippen LogP) is 4.86. The third-order valence-corrected chi connectivity index (χ3v) is 2.93. The van der Waals surface area contributed by atoms with Gasteiger partial charge < -0.3 is 10.4 Å². The van der Waals surface area contributed by atoms with Gasteiger partial charge in [-0.3, -0.25) is 4.79 Å². The minimum absolute atomic E-state index is 0.147. The molecule has 0 aliphatic rings. The molecule has 114 valence electrons. The van der Waals surface area contributed by atoms with E-state index in [1.54, 1.807) is 0 Å². The van der Waals surface area contributed by atoms with Crippen LogP contribution < -0.4 is 5.32 Å². The van der Waals surface area contributed by atoms with Gasteiger partial charge in [-0.15, -0.1) is 0 Å². The average molecular weight is 279 g/mol. The van der Waals surface area contributed by atoms with E-state index < -0.39 is 5.97 Å². The molecule has 1 aromatic rings. The number of aryl methyl sites for hydroxylation is 1. The summed E-state index contributed by atoms with van der Waals surface area (Å²) in [5.74, 6) is -0.778. The second-order valence-electron chi connectivity index (χ2n) is 5.00. The van der Waals surface area contributed by atoms with Gasteiger partial charge in [-0.25, -0.2) is 0 Å². The van der Waals surface area contributed by atoms with Crippen LogP contribution in [0.2, 0.25) is 0 Å². The van der Waals surface area contributed by atoms with Crippen molar-refractivity contribution in [1.82, 2.24) is 0 Å². The lowest BCUT2D eigenvalue weighted by Gasteiger charge is -2.03. The standard InChI is InChI=1S/C10H13NO2.C7H16/c1-8-2-4-9(5-3-8)11-7-6-10(12)13;1-3-5-7-6-4-2/h2-5,11H,6-7H2,1H3,(H,12,13);3-7H2,1-2H3. The molecule has 2 N–H and O–H groups in total. The second-order valence-corrected chi connectivity index (χ2v) is 5.00. The summed E-state index contributed by atoms with van der Waals surface area (Å²) in [6, 6.07) is 7.86. The van der Waals surface area contributed by atoms with E-state index in [1.807, 2.05) is 31.2 Å². The number of aliphatic carboxylic acids is 1. The number of carboxylic acid groups (broad SMARTS) is 1. The van der Waals surface area contributed by atoms with Crippen LogP contribution in [0.15, 0.2) is 24.3 Å². The number of hydrogen-bond acceptors (Lipinski definition) is 2. The summed E-state index contributed by atoms with van der Waals surface area (Å²) in [5.41, 5.74) is 2.16. The lowest BCUT2D eigenvalue weighted by Crippen LogP contribution is -2.07. The number of carboxylic acids is 1. The van der Waals surface area contributed by atoms with Gasteiger partial charge in [0.25, 0.3) is 0 Å². The fraction of sp³-hybridized carbons (Fsp3) is 0.588. The van der Waals surface area contributed by atoms with Crippen molar-refractivity contribution in [3.8, 4) is 0 Å². The molecule has 0 saturated carbocycles. The molecule has 0 saturated heterocycles. The molecular weight excluding hydrogens is 250 g/mol. The summed E-state index contributed by atoms with van der Waals surface area (Å²) in [7, 11) is 0. The minimum Gasteiger partial charge on any atom is -0.481 e. The van der Waals surface area contributed by atoms with E-state index in [0.29, 0.717) is 6.54 Å². The molecule has 0 aromatic heterocycles. The van der Waals surface area contributed by atoms with Crippen LogP contribution in [0, 0.1) is 6.92 Å². The molecule has 0 bridgehead atoms. The van der Waals surface area contributed by atoms with Gasteiger partial charge in [0.1, 0.15) is 0 Å². The van der Waals surface area contributed by atoms with Crippen molar-refractivity contribution >= 4 is 11.7 Å². The molecule has 0 aliphatic heterocycles. The minimum atomic E-state index is -0.778. The third kappa shape index (κ3) is 11.6. The molecule has 1 aromatic carbocycles. The maximum absolute atomic E-state index is 10.2. The maximum atomic E-state index is 10.2. The van der Waals surface area contributed by atoms with Gasteiger partial charge in [-0.2, -0.15) is 0 Å².